The molecule has 1 aromatic carbocycles. The van der Waals surface area contributed by atoms with Gasteiger partial charge in [-0.3, -0.25) is 0 Å². The number of nitriles is 1. The minimum absolute atomic E-state index is 0.287. The predicted molar refractivity (Wildman–Crippen MR) is 73.9 cm³/mol. The Morgan fingerprint density at radius 3 is 3.11 bits per heavy atom. The largest absolute Gasteiger partial charge is 0.469 e. The van der Waals surface area contributed by atoms with E-state index in [-0.39, 0.29) is 6.04 Å². The fourth-order valence-electron chi connectivity index (χ4n) is 2.67. The summed E-state index contributed by atoms with van der Waals surface area (Å²) in [5.41, 5.74) is 4.15. The highest BCUT2D eigenvalue weighted by Crippen LogP contribution is 2.34. The molecule has 0 spiro atoms. The van der Waals surface area contributed by atoms with Crippen molar-refractivity contribution in [3.63, 3.8) is 0 Å². The van der Waals surface area contributed by atoms with E-state index in [9.17, 15) is 0 Å². The molecule has 19 heavy (non-hydrogen) atoms. The first-order chi connectivity index (χ1) is 9.28. The van der Waals surface area contributed by atoms with Crippen molar-refractivity contribution >= 4 is 5.69 Å². The molecule has 0 amide bonds. The summed E-state index contributed by atoms with van der Waals surface area (Å²) in [6.45, 7) is 2.06. The zero-order valence-electron chi connectivity index (χ0n) is 10.9. The monoisotopic (exact) mass is 252 g/mol. The maximum absolute atomic E-state index is 8.99. The zero-order valence-corrected chi connectivity index (χ0v) is 10.9. The molecule has 1 aliphatic rings. The van der Waals surface area contributed by atoms with Crippen molar-refractivity contribution in [2.45, 2.75) is 32.2 Å². The van der Waals surface area contributed by atoms with Gasteiger partial charge in [0.1, 0.15) is 5.76 Å². The average Bonchev–Trinajstić information content (AvgIpc) is 2.90. The van der Waals surface area contributed by atoms with Gasteiger partial charge >= 0.3 is 0 Å². The Hall–Kier alpha value is -2.21. The molecule has 0 aliphatic heterocycles. The lowest BCUT2D eigenvalue weighted by atomic mass is 9.93. The summed E-state index contributed by atoms with van der Waals surface area (Å²) in [4.78, 5) is 0. The van der Waals surface area contributed by atoms with Crippen molar-refractivity contribution in [1.82, 2.24) is 0 Å². The van der Waals surface area contributed by atoms with Gasteiger partial charge in [0.05, 0.1) is 23.9 Å². The third kappa shape index (κ3) is 2.22. The summed E-state index contributed by atoms with van der Waals surface area (Å²) in [5.74, 6) is 1.10. The Bertz CT molecular complexity index is 636. The number of anilines is 1. The van der Waals surface area contributed by atoms with Crippen LogP contribution in [0.3, 0.4) is 0 Å². The van der Waals surface area contributed by atoms with E-state index < -0.39 is 0 Å². The lowest BCUT2D eigenvalue weighted by Gasteiger charge is -2.24. The standard InChI is InChI=1S/C16H16N2O/c1-11-5-6-12(10-17)9-15(11)18-14-3-2-4-16-13(14)7-8-19-16/h5-9,14,18H,2-4H2,1H3. The van der Waals surface area contributed by atoms with Crippen LogP contribution in [0.15, 0.2) is 34.9 Å². The molecule has 3 rings (SSSR count). The third-order valence-electron chi connectivity index (χ3n) is 3.75. The minimum Gasteiger partial charge on any atom is -0.469 e. The second-order valence-corrected chi connectivity index (χ2v) is 5.03. The molecule has 1 aliphatic carbocycles. The summed E-state index contributed by atoms with van der Waals surface area (Å²) in [5, 5.41) is 12.5. The number of nitrogens with one attached hydrogen (secondary N) is 1. The second kappa shape index (κ2) is 4.81. The van der Waals surface area contributed by atoms with E-state index in [2.05, 4.69) is 24.4 Å². The predicted octanol–water partition coefficient (Wildman–Crippen LogP) is 3.95. The Balaban J connectivity index is 1.89. The van der Waals surface area contributed by atoms with Crippen LogP contribution in [0.25, 0.3) is 0 Å². The fraction of sp³-hybridized carbons (Fsp3) is 0.312. The van der Waals surface area contributed by atoms with Gasteiger partial charge in [-0.05, 0) is 43.5 Å². The van der Waals surface area contributed by atoms with Gasteiger partial charge in [-0.15, -0.1) is 0 Å². The molecule has 3 nitrogen and oxygen atoms in total. The lowest BCUT2D eigenvalue weighted by Crippen LogP contribution is -2.16. The molecule has 1 aromatic heterocycles. The van der Waals surface area contributed by atoms with Gasteiger partial charge < -0.3 is 9.73 Å². The molecule has 0 bridgehead atoms. The van der Waals surface area contributed by atoms with Crippen LogP contribution in [-0.4, -0.2) is 0 Å². The maximum Gasteiger partial charge on any atom is 0.109 e. The first kappa shape index (κ1) is 11.9. The Labute approximate surface area is 112 Å². The van der Waals surface area contributed by atoms with E-state index >= 15 is 0 Å². The van der Waals surface area contributed by atoms with Crippen LogP contribution in [0.1, 0.15) is 41.3 Å². The van der Waals surface area contributed by atoms with Crippen LogP contribution in [0.4, 0.5) is 5.69 Å². The van der Waals surface area contributed by atoms with Crippen molar-refractivity contribution in [3.8, 4) is 6.07 Å². The lowest BCUT2D eigenvalue weighted by molar-refractivity contribution is 0.461. The number of benzene rings is 1. The smallest absolute Gasteiger partial charge is 0.109 e. The molecule has 1 unspecified atom stereocenters. The molecule has 1 atom stereocenters. The highest BCUT2D eigenvalue weighted by atomic mass is 16.3. The van der Waals surface area contributed by atoms with Crippen molar-refractivity contribution in [3.05, 3.63) is 53.0 Å². The number of aryl methyl sites for hydroxylation is 2. The number of nitrogens with zero attached hydrogens (tertiary/aromatic N) is 1. The van der Waals surface area contributed by atoms with Gasteiger partial charge in [0.2, 0.25) is 0 Å². The van der Waals surface area contributed by atoms with Crippen LogP contribution < -0.4 is 5.32 Å². The van der Waals surface area contributed by atoms with Crippen molar-refractivity contribution < 1.29 is 4.42 Å². The molecule has 0 radical (unpaired) electrons. The zero-order chi connectivity index (χ0) is 13.2. The number of furan rings is 1. The van der Waals surface area contributed by atoms with E-state index in [0.29, 0.717) is 5.56 Å². The average molecular weight is 252 g/mol. The molecular weight excluding hydrogens is 236 g/mol. The van der Waals surface area contributed by atoms with E-state index in [1.54, 1.807) is 6.26 Å². The van der Waals surface area contributed by atoms with Crippen LogP contribution in [0.5, 0.6) is 0 Å². The van der Waals surface area contributed by atoms with Crippen molar-refractivity contribution in [1.29, 1.82) is 5.26 Å². The summed E-state index contributed by atoms with van der Waals surface area (Å²) in [6, 6.07) is 10.3. The SMILES string of the molecule is Cc1ccc(C#N)cc1NC1CCCc2occc21. The fourth-order valence-corrected chi connectivity index (χ4v) is 2.67. The molecule has 3 heteroatoms. The van der Waals surface area contributed by atoms with Gasteiger partial charge in [-0.1, -0.05) is 6.07 Å². The molecule has 1 N–H and O–H groups in total. The molecule has 1 heterocycles. The summed E-state index contributed by atoms with van der Waals surface area (Å²) >= 11 is 0. The number of hydrogen-bond acceptors (Lipinski definition) is 3. The van der Waals surface area contributed by atoms with Crippen molar-refractivity contribution in [2.75, 3.05) is 5.32 Å². The van der Waals surface area contributed by atoms with E-state index in [1.165, 1.54) is 5.56 Å². The quantitative estimate of drug-likeness (QED) is 0.880. The van der Waals surface area contributed by atoms with Crippen LogP contribution >= 0.6 is 0 Å². The molecule has 0 fully saturated rings. The molecule has 0 saturated heterocycles. The molecule has 0 saturated carbocycles. The summed E-state index contributed by atoms with van der Waals surface area (Å²) < 4.78 is 5.51. The normalized spacial score (nSPS) is 17.6. The highest BCUT2D eigenvalue weighted by Gasteiger charge is 2.22. The second-order valence-electron chi connectivity index (χ2n) is 5.03. The van der Waals surface area contributed by atoms with E-state index in [0.717, 1.165) is 36.3 Å². The highest BCUT2D eigenvalue weighted by molar-refractivity contribution is 5.56. The number of fused-ring (bicyclic) bond motifs is 1. The molecule has 2 aromatic rings. The van der Waals surface area contributed by atoms with E-state index in [4.69, 9.17) is 9.68 Å². The first-order valence-corrected chi connectivity index (χ1v) is 6.61. The van der Waals surface area contributed by atoms with Gasteiger partial charge in [0.15, 0.2) is 0 Å². The summed E-state index contributed by atoms with van der Waals surface area (Å²) in [7, 11) is 0. The Kier molecular flexibility index (Phi) is 3.00. The number of rotatable bonds is 2. The molecule has 96 valence electrons. The first-order valence-electron chi connectivity index (χ1n) is 6.61. The van der Waals surface area contributed by atoms with Crippen molar-refractivity contribution in [2.24, 2.45) is 0 Å². The number of hydrogen-bond donors (Lipinski definition) is 1. The topological polar surface area (TPSA) is 49.0 Å². The minimum atomic E-state index is 0.287. The van der Waals surface area contributed by atoms with Gasteiger partial charge in [-0.2, -0.15) is 5.26 Å². The molecular formula is C16H16N2O. The van der Waals surface area contributed by atoms with Gasteiger partial charge in [-0.25, -0.2) is 0 Å². The van der Waals surface area contributed by atoms with E-state index in [1.807, 2.05) is 18.2 Å². The van der Waals surface area contributed by atoms with Crippen LogP contribution in [0.2, 0.25) is 0 Å². The summed E-state index contributed by atoms with van der Waals surface area (Å²) in [6.07, 6.45) is 5.03. The van der Waals surface area contributed by atoms with Crippen LogP contribution in [-0.2, 0) is 6.42 Å². The van der Waals surface area contributed by atoms with Gasteiger partial charge in [0, 0.05) is 17.7 Å². The Morgan fingerprint density at radius 2 is 2.26 bits per heavy atom. The van der Waals surface area contributed by atoms with Gasteiger partial charge in [0.25, 0.3) is 0 Å². The third-order valence-corrected chi connectivity index (χ3v) is 3.75. The van der Waals surface area contributed by atoms with Crippen LogP contribution in [0, 0.1) is 18.3 Å². The maximum atomic E-state index is 8.99. The Morgan fingerprint density at radius 1 is 1.37 bits per heavy atom.